The second kappa shape index (κ2) is 11.0. The highest BCUT2D eigenvalue weighted by atomic mass is 16.5. The van der Waals surface area contributed by atoms with Crippen molar-refractivity contribution >= 4 is 43.6 Å². The van der Waals surface area contributed by atoms with Gasteiger partial charge in [0.15, 0.2) is 0 Å². The number of hydrogen-bond acceptors (Lipinski definition) is 5. The normalized spacial score (nSPS) is 15.0. The van der Waals surface area contributed by atoms with E-state index in [0.29, 0.717) is 11.1 Å². The molecule has 0 radical (unpaired) electrons. The van der Waals surface area contributed by atoms with E-state index in [0.717, 1.165) is 89.4 Å². The first-order valence-corrected chi connectivity index (χ1v) is 18.4. The second-order valence-electron chi connectivity index (χ2n) is 14.4. The molecular weight excluding hydrogens is 689 g/mol. The average Bonchev–Trinajstić information content (AvgIpc) is 3.87. The van der Waals surface area contributed by atoms with E-state index in [4.69, 9.17) is 14.7 Å². The van der Waals surface area contributed by atoms with Gasteiger partial charge in [-0.25, -0.2) is 0 Å². The number of fused-ring (bicyclic) bond motifs is 15. The molecule has 4 aromatic heterocycles. The topological polar surface area (TPSA) is 92.5 Å². The van der Waals surface area contributed by atoms with Gasteiger partial charge in [-0.3, -0.25) is 9.97 Å². The van der Waals surface area contributed by atoms with E-state index in [-0.39, 0.29) is 0 Å². The SMILES string of the molecule is N#Cc1ccc2c(c1)c1cc(C#N)ccc1n2-c1cnc2c(c1)C1(c3ccccc3Oc3ccc(-n4c5ccccc5c5ccccc54)cc31)c1cccnc1-2. The number of rotatable bonds is 2. The zero-order valence-electron chi connectivity index (χ0n) is 29.6. The minimum Gasteiger partial charge on any atom is -0.457 e. The molecule has 0 fully saturated rings. The first-order valence-electron chi connectivity index (χ1n) is 18.4. The number of para-hydroxylation sites is 3. The van der Waals surface area contributed by atoms with Crippen LogP contribution in [0.3, 0.4) is 0 Å². The van der Waals surface area contributed by atoms with Gasteiger partial charge in [0.25, 0.3) is 0 Å². The molecule has 0 bridgehead atoms. The van der Waals surface area contributed by atoms with Crippen LogP contribution < -0.4 is 4.74 Å². The summed E-state index contributed by atoms with van der Waals surface area (Å²) in [5.41, 5.74) is 11.9. The smallest absolute Gasteiger partial charge is 0.132 e. The Bertz CT molecular complexity index is 3330. The van der Waals surface area contributed by atoms with Gasteiger partial charge in [0.05, 0.1) is 74.0 Å². The fourth-order valence-electron chi connectivity index (χ4n) is 9.48. The highest BCUT2D eigenvalue weighted by molar-refractivity contribution is 6.11. The van der Waals surface area contributed by atoms with Crippen molar-refractivity contribution in [3.63, 3.8) is 0 Å². The number of nitrogens with zero attached hydrogens (tertiary/aromatic N) is 6. The summed E-state index contributed by atoms with van der Waals surface area (Å²) in [6.45, 7) is 0. The third-order valence-corrected chi connectivity index (χ3v) is 11.7. The Morgan fingerprint density at radius 3 is 1.75 bits per heavy atom. The van der Waals surface area contributed by atoms with Crippen LogP contribution in [0.15, 0.2) is 158 Å². The van der Waals surface area contributed by atoms with Gasteiger partial charge in [0.2, 0.25) is 0 Å². The lowest BCUT2D eigenvalue weighted by molar-refractivity contribution is 0.436. The van der Waals surface area contributed by atoms with Gasteiger partial charge in [-0.2, -0.15) is 10.5 Å². The van der Waals surface area contributed by atoms with Crippen LogP contribution in [-0.4, -0.2) is 19.1 Å². The molecule has 7 heteroatoms. The van der Waals surface area contributed by atoms with Crippen LogP contribution >= 0.6 is 0 Å². The van der Waals surface area contributed by atoms with Gasteiger partial charge in [-0.05, 0) is 90.5 Å². The first kappa shape index (κ1) is 30.5. The van der Waals surface area contributed by atoms with Crippen molar-refractivity contribution in [1.82, 2.24) is 19.1 Å². The molecule has 56 heavy (non-hydrogen) atoms. The Balaban J connectivity index is 1.19. The van der Waals surface area contributed by atoms with E-state index >= 15 is 0 Å². The van der Waals surface area contributed by atoms with Crippen LogP contribution in [0.2, 0.25) is 0 Å². The van der Waals surface area contributed by atoms with Crippen molar-refractivity contribution in [2.24, 2.45) is 0 Å². The summed E-state index contributed by atoms with van der Waals surface area (Å²) in [5, 5.41) is 23.9. The van der Waals surface area contributed by atoms with Gasteiger partial charge in [-0.15, -0.1) is 0 Å². The number of pyridine rings is 2. The summed E-state index contributed by atoms with van der Waals surface area (Å²) in [6, 6.07) is 54.4. The molecule has 6 aromatic carbocycles. The third-order valence-electron chi connectivity index (χ3n) is 11.7. The number of hydrogen-bond donors (Lipinski definition) is 0. The lowest BCUT2D eigenvalue weighted by Gasteiger charge is -2.39. The molecule has 7 nitrogen and oxygen atoms in total. The molecular formula is C49H26N6O. The highest BCUT2D eigenvalue weighted by Crippen LogP contribution is 2.61. The van der Waals surface area contributed by atoms with Crippen LogP contribution in [0.5, 0.6) is 11.5 Å². The fourth-order valence-corrected chi connectivity index (χ4v) is 9.48. The zero-order chi connectivity index (χ0) is 37.1. The van der Waals surface area contributed by atoms with E-state index < -0.39 is 5.41 Å². The molecule has 1 aliphatic heterocycles. The number of aromatic nitrogens is 4. The van der Waals surface area contributed by atoms with Gasteiger partial charge in [0.1, 0.15) is 11.5 Å². The molecule has 1 spiro atoms. The van der Waals surface area contributed by atoms with Crippen LogP contribution in [0.25, 0.3) is 66.4 Å². The largest absolute Gasteiger partial charge is 0.457 e. The van der Waals surface area contributed by atoms with Crippen molar-refractivity contribution in [1.29, 1.82) is 10.5 Å². The molecule has 5 heterocycles. The maximum absolute atomic E-state index is 9.83. The van der Waals surface area contributed by atoms with Crippen molar-refractivity contribution in [3.8, 4) is 46.4 Å². The average molecular weight is 715 g/mol. The summed E-state index contributed by atoms with van der Waals surface area (Å²) < 4.78 is 11.3. The van der Waals surface area contributed by atoms with Gasteiger partial charge in [0, 0.05) is 50.1 Å². The maximum atomic E-state index is 9.83. The van der Waals surface area contributed by atoms with E-state index in [1.165, 1.54) is 10.8 Å². The molecule has 0 saturated heterocycles. The third kappa shape index (κ3) is 3.83. The molecule has 12 rings (SSSR count). The molecule has 10 aromatic rings. The first-order chi connectivity index (χ1) is 27.7. The summed E-state index contributed by atoms with van der Waals surface area (Å²) in [6.07, 6.45) is 3.75. The fraction of sp³-hybridized carbons (Fsp3) is 0.0204. The highest BCUT2D eigenvalue weighted by Gasteiger charge is 2.52. The summed E-state index contributed by atoms with van der Waals surface area (Å²) in [5.74, 6) is 1.55. The molecule has 0 amide bonds. The monoisotopic (exact) mass is 714 g/mol. The molecule has 2 aliphatic rings. The predicted molar refractivity (Wildman–Crippen MR) is 218 cm³/mol. The summed E-state index contributed by atoms with van der Waals surface area (Å²) in [7, 11) is 0. The zero-order valence-corrected chi connectivity index (χ0v) is 29.6. The Morgan fingerprint density at radius 1 is 0.464 bits per heavy atom. The van der Waals surface area contributed by atoms with E-state index in [1.54, 1.807) is 0 Å². The van der Waals surface area contributed by atoms with Crippen molar-refractivity contribution in [3.05, 3.63) is 191 Å². The molecule has 258 valence electrons. The molecule has 1 atom stereocenters. The van der Waals surface area contributed by atoms with Crippen LogP contribution in [0.1, 0.15) is 33.4 Å². The van der Waals surface area contributed by atoms with Crippen LogP contribution in [0.4, 0.5) is 0 Å². The lowest BCUT2D eigenvalue weighted by atomic mass is 9.66. The van der Waals surface area contributed by atoms with Gasteiger partial charge < -0.3 is 13.9 Å². The quantitative estimate of drug-likeness (QED) is 0.178. The van der Waals surface area contributed by atoms with Crippen molar-refractivity contribution in [2.75, 3.05) is 0 Å². The minimum atomic E-state index is -0.832. The number of nitriles is 2. The Labute approximate surface area is 320 Å². The van der Waals surface area contributed by atoms with Crippen LogP contribution in [-0.2, 0) is 5.41 Å². The lowest BCUT2D eigenvalue weighted by Crippen LogP contribution is -2.32. The standard InChI is InChI=1S/C49H26N6O/c50-26-29-15-18-43-35(22-29)36-23-30(27-51)16-19-44(36)55(43)32-25-40-48(53-28-32)47-38(11-7-21-52-47)49(40)37-10-3-6-14-45(37)56-46-20-17-31(24-39(46)49)54-41-12-4-1-8-33(41)34-9-2-5-13-42(34)54/h1-25,28H. The van der Waals surface area contributed by atoms with E-state index in [1.807, 2.05) is 67.0 Å². The van der Waals surface area contributed by atoms with E-state index in [2.05, 4.69) is 112 Å². The second-order valence-corrected chi connectivity index (χ2v) is 14.4. The van der Waals surface area contributed by atoms with Crippen molar-refractivity contribution in [2.45, 2.75) is 5.41 Å². The number of benzene rings is 6. The Kier molecular flexibility index (Phi) is 5.99. The summed E-state index contributed by atoms with van der Waals surface area (Å²) >= 11 is 0. The van der Waals surface area contributed by atoms with Crippen molar-refractivity contribution < 1.29 is 4.74 Å². The molecule has 1 aliphatic carbocycles. The maximum Gasteiger partial charge on any atom is 0.132 e. The predicted octanol–water partition coefficient (Wildman–Crippen LogP) is 10.9. The number of ether oxygens (including phenoxy) is 1. The van der Waals surface area contributed by atoms with Gasteiger partial charge >= 0.3 is 0 Å². The molecule has 0 saturated carbocycles. The molecule has 0 N–H and O–H groups in total. The van der Waals surface area contributed by atoms with Gasteiger partial charge in [-0.1, -0.05) is 60.7 Å². The Morgan fingerprint density at radius 2 is 1.04 bits per heavy atom. The van der Waals surface area contributed by atoms with E-state index in [9.17, 15) is 10.5 Å². The minimum absolute atomic E-state index is 0.556. The Hall–Kier alpha value is -8.00. The molecule has 1 unspecified atom stereocenters. The van der Waals surface area contributed by atoms with Crippen LogP contribution in [0, 0.1) is 22.7 Å². The summed E-state index contributed by atoms with van der Waals surface area (Å²) in [4.78, 5) is 10.3.